The normalized spacial score (nSPS) is 16.7. The maximum Gasteiger partial charge on any atom is 0.238 e. The molecular weight excluding hydrogens is 322 g/mol. The maximum absolute atomic E-state index is 12.3. The summed E-state index contributed by atoms with van der Waals surface area (Å²) in [6.07, 6.45) is 3.49. The van der Waals surface area contributed by atoms with Crippen molar-refractivity contribution in [3.05, 3.63) is 36.7 Å². The van der Waals surface area contributed by atoms with Gasteiger partial charge in [0.2, 0.25) is 18.6 Å². The van der Waals surface area contributed by atoms with Crippen molar-refractivity contribution >= 4 is 17.5 Å². The van der Waals surface area contributed by atoms with Gasteiger partial charge in [-0.3, -0.25) is 9.69 Å². The third kappa shape index (κ3) is 3.63. The Kier molecular flexibility index (Phi) is 4.34. The van der Waals surface area contributed by atoms with Crippen LogP contribution < -0.4 is 19.7 Å². The molecule has 0 aliphatic carbocycles. The molecule has 1 amide bonds. The Hall–Kier alpha value is -2.87. The van der Waals surface area contributed by atoms with Crippen LogP contribution in [0.15, 0.2) is 36.7 Å². The van der Waals surface area contributed by atoms with Crippen LogP contribution in [-0.2, 0) is 4.79 Å². The summed E-state index contributed by atoms with van der Waals surface area (Å²) in [5.74, 6) is 2.07. The fourth-order valence-electron chi connectivity index (χ4n) is 2.94. The number of hydrogen-bond donors (Lipinski definition) is 1. The number of ether oxygens (including phenoxy) is 2. The second-order valence-corrected chi connectivity index (χ2v) is 5.93. The van der Waals surface area contributed by atoms with Gasteiger partial charge in [0.05, 0.1) is 6.54 Å². The molecular formula is C17H19N5O3. The molecule has 0 unspecified atom stereocenters. The lowest BCUT2D eigenvalue weighted by molar-refractivity contribution is -0.117. The van der Waals surface area contributed by atoms with Gasteiger partial charge in [-0.25, -0.2) is 9.97 Å². The second kappa shape index (κ2) is 6.94. The number of rotatable bonds is 4. The first-order valence-corrected chi connectivity index (χ1v) is 8.22. The van der Waals surface area contributed by atoms with E-state index < -0.39 is 0 Å². The molecule has 2 aliphatic rings. The van der Waals surface area contributed by atoms with Crippen molar-refractivity contribution in [3.63, 3.8) is 0 Å². The Morgan fingerprint density at radius 2 is 1.84 bits per heavy atom. The molecule has 1 fully saturated rings. The summed E-state index contributed by atoms with van der Waals surface area (Å²) < 4.78 is 10.6. The van der Waals surface area contributed by atoms with Crippen LogP contribution in [0.4, 0.5) is 11.6 Å². The number of carbonyl (C=O) groups is 1. The average molecular weight is 341 g/mol. The number of amides is 1. The molecule has 1 saturated heterocycles. The molecule has 0 radical (unpaired) electrons. The predicted octanol–water partition coefficient (Wildman–Crippen LogP) is 0.966. The number of piperazine rings is 1. The first-order valence-electron chi connectivity index (χ1n) is 8.22. The van der Waals surface area contributed by atoms with Gasteiger partial charge in [-0.1, -0.05) is 0 Å². The van der Waals surface area contributed by atoms with Gasteiger partial charge in [0.25, 0.3) is 0 Å². The van der Waals surface area contributed by atoms with Crippen LogP contribution in [0.1, 0.15) is 0 Å². The summed E-state index contributed by atoms with van der Waals surface area (Å²) in [6, 6.07) is 7.21. The van der Waals surface area contributed by atoms with E-state index in [0.29, 0.717) is 23.7 Å². The molecule has 1 aromatic heterocycles. The number of nitrogens with zero attached hydrogens (tertiary/aromatic N) is 4. The Labute approximate surface area is 145 Å². The van der Waals surface area contributed by atoms with Crippen LogP contribution >= 0.6 is 0 Å². The number of nitrogens with one attached hydrogen (secondary N) is 1. The zero-order valence-corrected chi connectivity index (χ0v) is 13.7. The smallest absolute Gasteiger partial charge is 0.238 e. The standard InChI is InChI=1S/C17H19N5O3/c23-16(20-13-2-3-14-15(10-13)25-12-24-14)11-21-6-8-22(9-7-21)17-18-4-1-5-19-17/h1-5,10H,6-9,11-12H2,(H,20,23). The summed E-state index contributed by atoms with van der Waals surface area (Å²) >= 11 is 0. The molecule has 3 heterocycles. The predicted molar refractivity (Wildman–Crippen MR) is 91.9 cm³/mol. The van der Waals surface area contributed by atoms with Crippen molar-refractivity contribution in [2.75, 3.05) is 49.7 Å². The molecule has 25 heavy (non-hydrogen) atoms. The van der Waals surface area contributed by atoms with Crippen LogP contribution in [0.3, 0.4) is 0 Å². The van der Waals surface area contributed by atoms with E-state index in [2.05, 4.69) is 25.1 Å². The minimum atomic E-state index is -0.0386. The third-order valence-electron chi connectivity index (χ3n) is 4.23. The lowest BCUT2D eigenvalue weighted by Gasteiger charge is -2.34. The van der Waals surface area contributed by atoms with Crippen molar-refractivity contribution < 1.29 is 14.3 Å². The molecule has 0 atom stereocenters. The number of hydrogen-bond acceptors (Lipinski definition) is 7. The number of anilines is 2. The molecule has 1 aromatic carbocycles. The fraction of sp³-hybridized carbons (Fsp3) is 0.353. The van der Waals surface area contributed by atoms with E-state index in [9.17, 15) is 4.79 Å². The van der Waals surface area contributed by atoms with E-state index in [1.54, 1.807) is 30.6 Å². The highest BCUT2D eigenvalue weighted by molar-refractivity contribution is 5.92. The van der Waals surface area contributed by atoms with E-state index in [1.165, 1.54) is 0 Å². The average Bonchev–Trinajstić information content (AvgIpc) is 3.11. The van der Waals surface area contributed by atoms with Gasteiger partial charge in [0, 0.05) is 50.3 Å². The van der Waals surface area contributed by atoms with Gasteiger partial charge in [-0.15, -0.1) is 0 Å². The van der Waals surface area contributed by atoms with E-state index in [4.69, 9.17) is 9.47 Å². The summed E-state index contributed by atoms with van der Waals surface area (Å²) in [6.45, 7) is 3.79. The molecule has 8 nitrogen and oxygen atoms in total. The third-order valence-corrected chi connectivity index (χ3v) is 4.23. The number of fused-ring (bicyclic) bond motifs is 1. The van der Waals surface area contributed by atoms with Gasteiger partial charge in [-0.05, 0) is 18.2 Å². The molecule has 1 N–H and O–H groups in total. The molecule has 2 aliphatic heterocycles. The molecule has 4 rings (SSSR count). The zero-order chi connectivity index (χ0) is 17.1. The largest absolute Gasteiger partial charge is 0.454 e. The van der Waals surface area contributed by atoms with E-state index >= 15 is 0 Å². The monoisotopic (exact) mass is 341 g/mol. The molecule has 0 bridgehead atoms. The molecule has 2 aromatic rings. The Bertz CT molecular complexity index is 747. The molecule has 0 spiro atoms. The van der Waals surface area contributed by atoms with Gasteiger partial charge in [0.1, 0.15) is 0 Å². The number of benzene rings is 1. The highest BCUT2D eigenvalue weighted by Crippen LogP contribution is 2.34. The summed E-state index contributed by atoms with van der Waals surface area (Å²) in [7, 11) is 0. The second-order valence-electron chi connectivity index (χ2n) is 5.93. The topological polar surface area (TPSA) is 79.8 Å². The van der Waals surface area contributed by atoms with Gasteiger partial charge in [-0.2, -0.15) is 0 Å². The highest BCUT2D eigenvalue weighted by Gasteiger charge is 2.21. The lowest BCUT2D eigenvalue weighted by atomic mass is 10.2. The Morgan fingerprint density at radius 1 is 1.08 bits per heavy atom. The number of carbonyl (C=O) groups excluding carboxylic acids is 1. The van der Waals surface area contributed by atoms with Crippen molar-refractivity contribution in [3.8, 4) is 11.5 Å². The summed E-state index contributed by atoms with van der Waals surface area (Å²) in [5, 5.41) is 2.91. The van der Waals surface area contributed by atoms with Crippen molar-refractivity contribution in [1.82, 2.24) is 14.9 Å². The number of aromatic nitrogens is 2. The maximum atomic E-state index is 12.3. The summed E-state index contributed by atoms with van der Waals surface area (Å²) in [5.41, 5.74) is 0.713. The first kappa shape index (κ1) is 15.6. The fourth-order valence-corrected chi connectivity index (χ4v) is 2.94. The van der Waals surface area contributed by atoms with Crippen LogP contribution in [0.5, 0.6) is 11.5 Å². The van der Waals surface area contributed by atoms with E-state index in [1.807, 2.05) is 6.07 Å². The van der Waals surface area contributed by atoms with Crippen molar-refractivity contribution in [1.29, 1.82) is 0 Å². The SMILES string of the molecule is O=C(CN1CCN(c2ncccn2)CC1)Nc1ccc2c(c1)OCO2. The minimum Gasteiger partial charge on any atom is -0.454 e. The first-order chi connectivity index (χ1) is 12.3. The van der Waals surface area contributed by atoms with Crippen LogP contribution in [0.2, 0.25) is 0 Å². The van der Waals surface area contributed by atoms with Gasteiger partial charge < -0.3 is 19.7 Å². The lowest BCUT2D eigenvalue weighted by Crippen LogP contribution is -2.49. The van der Waals surface area contributed by atoms with Crippen LogP contribution in [0.25, 0.3) is 0 Å². The minimum absolute atomic E-state index is 0.0386. The van der Waals surface area contributed by atoms with Gasteiger partial charge >= 0.3 is 0 Å². The zero-order valence-electron chi connectivity index (χ0n) is 13.7. The Balaban J connectivity index is 1.28. The van der Waals surface area contributed by atoms with Crippen molar-refractivity contribution in [2.24, 2.45) is 0 Å². The summed E-state index contributed by atoms with van der Waals surface area (Å²) in [4.78, 5) is 25.1. The van der Waals surface area contributed by atoms with Crippen LogP contribution in [-0.4, -0.2) is 60.3 Å². The molecule has 0 saturated carbocycles. The van der Waals surface area contributed by atoms with Crippen molar-refractivity contribution in [2.45, 2.75) is 0 Å². The van der Waals surface area contributed by atoms with E-state index in [0.717, 1.165) is 32.1 Å². The highest BCUT2D eigenvalue weighted by atomic mass is 16.7. The Morgan fingerprint density at radius 3 is 2.64 bits per heavy atom. The van der Waals surface area contributed by atoms with Crippen LogP contribution in [0, 0.1) is 0 Å². The van der Waals surface area contributed by atoms with E-state index in [-0.39, 0.29) is 12.7 Å². The molecule has 8 heteroatoms. The van der Waals surface area contributed by atoms with Gasteiger partial charge in [0.15, 0.2) is 11.5 Å². The molecule has 130 valence electrons. The quantitative estimate of drug-likeness (QED) is 0.887.